The van der Waals surface area contributed by atoms with Crippen LogP contribution in [0.1, 0.15) is 32.6 Å². The van der Waals surface area contributed by atoms with Crippen molar-refractivity contribution in [2.45, 2.75) is 30.6 Å². The average molecular weight is 560 g/mol. The van der Waals surface area contributed by atoms with Gasteiger partial charge in [0.2, 0.25) is 0 Å². The van der Waals surface area contributed by atoms with E-state index >= 15 is 0 Å². The highest BCUT2D eigenvalue weighted by Crippen LogP contribution is 2.31. The molecular formula is C30H24F3N5OS. The molecule has 3 aromatic carbocycles. The Morgan fingerprint density at radius 2 is 1.77 bits per heavy atom. The van der Waals surface area contributed by atoms with Gasteiger partial charge in [0, 0.05) is 41.5 Å². The van der Waals surface area contributed by atoms with E-state index in [1.807, 2.05) is 60.0 Å². The van der Waals surface area contributed by atoms with Gasteiger partial charge in [0.25, 0.3) is 5.91 Å². The number of benzene rings is 3. The fourth-order valence-electron chi connectivity index (χ4n) is 4.19. The van der Waals surface area contributed by atoms with Crippen molar-refractivity contribution in [2.24, 2.45) is 0 Å². The molecule has 6 nitrogen and oxygen atoms in total. The van der Waals surface area contributed by atoms with E-state index in [1.54, 1.807) is 30.6 Å². The topological polar surface area (TPSA) is 72.7 Å². The van der Waals surface area contributed by atoms with E-state index in [4.69, 9.17) is 0 Å². The maximum absolute atomic E-state index is 13.1. The van der Waals surface area contributed by atoms with Gasteiger partial charge in [-0.05, 0) is 66.1 Å². The molecule has 202 valence electrons. The summed E-state index contributed by atoms with van der Waals surface area (Å²) < 4.78 is 41.1. The minimum Gasteiger partial charge on any atom is -0.348 e. The number of halogens is 3. The quantitative estimate of drug-likeness (QED) is 0.210. The zero-order valence-corrected chi connectivity index (χ0v) is 22.2. The van der Waals surface area contributed by atoms with Gasteiger partial charge in [-0.3, -0.25) is 14.3 Å². The van der Waals surface area contributed by atoms with Crippen LogP contribution in [0.3, 0.4) is 0 Å². The normalized spacial score (nSPS) is 11.4. The lowest BCUT2D eigenvalue weighted by Gasteiger charge is -2.13. The predicted molar refractivity (Wildman–Crippen MR) is 148 cm³/mol. The maximum Gasteiger partial charge on any atom is 0.416 e. The summed E-state index contributed by atoms with van der Waals surface area (Å²) in [6.45, 7) is 1.99. The van der Waals surface area contributed by atoms with Gasteiger partial charge in [0.1, 0.15) is 0 Å². The molecule has 0 radical (unpaired) electrons. The Labute approximate surface area is 233 Å². The molecule has 2 aromatic heterocycles. The number of aromatic nitrogens is 4. The highest BCUT2D eigenvalue weighted by Gasteiger charge is 2.30. The first kappa shape index (κ1) is 27.1. The second kappa shape index (κ2) is 11.7. The predicted octanol–water partition coefficient (Wildman–Crippen LogP) is 6.88. The minimum absolute atomic E-state index is 0.0274. The number of nitrogens with one attached hydrogen (secondary N) is 1. The van der Waals surface area contributed by atoms with Crippen molar-refractivity contribution in [3.8, 4) is 17.1 Å². The van der Waals surface area contributed by atoms with Crippen LogP contribution in [0.2, 0.25) is 0 Å². The van der Waals surface area contributed by atoms with Crippen LogP contribution in [0.15, 0.2) is 102 Å². The number of alkyl halides is 3. The van der Waals surface area contributed by atoms with Gasteiger partial charge in [0.15, 0.2) is 11.0 Å². The SMILES string of the molecule is Cc1cccc(-n2c(SCc3ccccc3C(=O)NCc3cccc(C(F)(F)F)c3)nnc2-c2cccnc2)c1. The van der Waals surface area contributed by atoms with Crippen molar-refractivity contribution < 1.29 is 18.0 Å². The molecular weight excluding hydrogens is 535 g/mol. The summed E-state index contributed by atoms with van der Waals surface area (Å²) >= 11 is 1.43. The molecule has 1 amide bonds. The third-order valence-electron chi connectivity index (χ3n) is 6.14. The average Bonchev–Trinajstić information content (AvgIpc) is 3.39. The van der Waals surface area contributed by atoms with Crippen LogP contribution in [0.25, 0.3) is 17.1 Å². The molecule has 1 N–H and O–H groups in total. The smallest absolute Gasteiger partial charge is 0.348 e. The largest absolute Gasteiger partial charge is 0.416 e. The molecule has 5 aromatic rings. The van der Waals surface area contributed by atoms with Gasteiger partial charge in [-0.1, -0.05) is 54.2 Å². The van der Waals surface area contributed by atoms with Gasteiger partial charge >= 0.3 is 6.18 Å². The Hall–Kier alpha value is -4.44. The molecule has 0 saturated heterocycles. The van der Waals surface area contributed by atoms with Gasteiger partial charge in [0.05, 0.1) is 5.56 Å². The van der Waals surface area contributed by atoms with Gasteiger partial charge < -0.3 is 5.32 Å². The third kappa shape index (κ3) is 6.23. The lowest BCUT2D eigenvalue weighted by Crippen LogP contribution is -2.24. The second-order valence-corrected chi connectivity index (χ2v) is 9.99. The number of hydrogen-bond donors (Lipinski definition) is 1. The molecule has 0 unspecified atom stereocenters. The summed E-state index contributed by atoms with van der Waals surface area (Å²) in [5.41, 5.74) is 3.62. The number of thioether (sulfide) groups is 1. The molecule has 0 atom stereocenters. The van der Waals surface area contributed by atoms with Crippen molar-refractivity contribution in [3.05, 3.63) is 125 Å². The number of rotatable bonds is 8. The molecule has 0 bridgehead atoms. The van der Waals surface area contributed by atoms with Gasteiger partial charge in [-0.15, -0.1) is 10.2 Å². The van der Waals surface area contributed by atoms with Crippen molar-refractivity contribution in [1.29, 1.82) is 0 Å². The Bertz CT molecular complexity index is 1640. The number of amides is 1. The summed E-state index contributed by atoms with van der Waals surface area (Å²) in [4.78, 5) is 17.3. The summed E-state index contributed by atoms with van der Waals surface area (Å²) in [6, 6.07) is 23.8. The fraction of sp³-hybridized carbons (Fsp3) is 0.133. The van der Waals surface area contributed by atoms with Crippen molar-refractivity contribution >= 4 is 17.7 Å². The van der Waals surface area contributed by atoms with E-state index in [0.717, 1.165) is 34.5 Å². The Kier molecular flexibility index (Phi) is 7.97. The molecule has 5 rings (SSSR count). The number of pyridine rings is 1. The zero-order chi connectivity index (χ0) is 28.1. The molecule has 0 spiro atoms. The first-order valence-electron chi connectivity index (χ1n) is 12.4. The first-order chi connectivity index (χ1) is 19.3. The van der Waals surface area contributed by atoms with E-state index in [1.165, 1.54) is 17.8 Å². The van der Waals surface area contributed by atoms with E-state index < -0.39 is 11.7 Å². The van der Waals surface area contributed by atoms with E-state index in [9.17, 15) is 18.0 Å². The molecule has 0 fully saturated rings. The van der Waals surface area contributed by atoms with Crippen LogP contribution >= 0.6 is 11.8 Å². The minimum atomic E-state index is -4.44. The monoisotopic (exact) mass is 559 g/mol. The van der Waals surface area contributed by atoms with E-state index in [2.05, 4.69) is 20.5 Å². The Morgan fingerprint density at radius 1 is 0.950 bits per heavy atom. The standard InChI is InChI=1S/C30H24F3N5OS/c1-20-7-4-12-25(15-20)38-27(22-10-6-14-34-18-22)36-37-29(38)40-19-23-9-2-3-13-26(23)28(39)35-17-21-8-5-11-24(16-21)30(31,32)33/h2-16,18H,17,19H2,1H3,(H,35,39). The number of carbonyl (C=O) groups is 1. The summed E-state index contributed by atoms with van der Waals surface area (Å²) in [5.74, 6) is 0.697. The molecule has 0 saturated carbocycles. The fourth-order valence-corrected chi connectivity index (χ4v) is 5.15. The Balaban J connectivity index is 1.37. The molecule has 0 aliphatic rings. The number of carbonyl (C=O) groups excluding carboxylic acids is 1. The van der Waals surface area contributed by atoms with Crippen molar-refractivity contribution in [3.63, 3.8) is 0 Å². The summed E-state index contributed by atoms with van der Waals surface area (Å²) in [7, 11) is 0. The summed E-state index contributed by atoms with van der Waals surface area (Å²) in [5, 5.41) is 12.3. The number of hydrogen-bond acceptors (Lipinski definition) is 5. The molecule has 0 aliphatic heterocycles. The van der Waals surface area contributed by atoms with Crippen molar-refractivity contribution in [2.75, 3.05) is 0 Å². The third-order valence-corrected chi connectivity index (χ3v) is 7.12. The van der Waals surface area contributed by atoms with Crippen LogP contribution < -0.4 is 5.32 Å². The maximum atomic E-state index is 13.1. The molecule has 2 heterocycles. The van der Waals surface area contributed by atoms with Crippen LogP contribution in [-0.2, 0) is 18.5 Å². The van der Waals surface area contributed by atoms with Crippen LogP contribution in [-0.4, -0.2) is 25.7 Å². The summed E-state index contributed by atoms with van der Waals surface area (Å²) in [6.07, 6.45) is -1.02. The number of aryl methyl sites for hydroxylation is 1. The van der Waals surface area contributed by atoms with Crippen LogP contribution in [0.5, 0.6) is 0 Å². The lowest BCUT2D eigenvalue weighted by molar-refractivity contribution is -0.137. The lowest BCUT2D eigenvalue weighted by atomic mass is 10.1. The van der Waals surface area contributed by atoms with Crippen molar-refractivity contribution in [1.82, 2.24) is 25.1 Å². The van der Waals surface area contributed by atoms with Gasteiger partial charge in [-0.2, -0.15) is 13.2 Å². The molecule has 40 heavy (non-hydrogen) atoms. The molecule has 10 heteroatoms. The number of nitrogens with zero attached hydrogens (tertiary/aromatic N) is 4. The Morgan fingerprint density at radius 3 is 2.55 bits per heavy atom. The highest BCUT2D eigenvalue weighted by molar-refractivity contribution is 7.98. The van der Waals surface area contributed by atoms with Crippen LogP contribution in [0, 0.1) is 6.92 Å². The first-order valence-corrected chi connectivity index (χ1v) is 13.4. The molecule has 0 aliphatic carbocycles. The second-order valence-electron chi connectivity index (χ2n) is 9.05. The van der Waals surface area contributed by atoms with E-state index in [-0.39, 0.29) is 12.5 Å². The van der Waals surface area contributed by atoms with Gasteiger partial charge in [-0.25, -0.2) is 0 Å². The van der Waals surface area contributed by atoms with Crippen LogP contribution in [0.4, 0.5) is 13.2 Å². The van der Waals surface area contributed by atoms with E-state index in [0.29, 0.717) is 27.9 Å². The zero-order valence-electron chi connectivity index (χ0n) is 21.4. The highest BCUT2D eigenvalue weighted by atomic mass is 32.2.